The average molecular weight is 142 g/mol. The molecule has 0 atom stereocenters. The van der Waals surface area contributed by atoms with E-state index in [1.54, 1.807) is 0 Å². The van der Waals surface area contributed by atoms with E-state index in [4.69, 9.17) is 4.55 Å². The lowest BCUT2D eigenvalue weighted by atomic mass is 12.0. The number of hydrogen-bond donors (Lipinski definition) is 1. The Labute approximate surface area is 57.4 Å². The second-order valence-electron chi connectivity index (χ2n) is 0.733. The fourth-order valence-corrected chi connectivity index (χ4v) is 0. The van der Waals surface area contributed by atoms with Crippen LogP contribution in [0.5, 0.6) is 0 Å². The van der Waals surface area contributed by atoms with Crippen LogP contribution >= 0.6 is 0 Å². The van der Waals surface area contributed by atoms with Crippen molar-refractivity contribution in [1.29, 1.82) is 0 Å². The van der Waals surface area contributed by atoms with Gasteiger partial charge in [-0.25, -0.2) is 0 Å². The molecule has 0 saturated heterocycles. The van der Waals surface area contributed by atoms with Crippen molar-refractivity contribution < 1.29 is 17.7 Å². The third-order valence-electron chi connectivity index (χ3n) is 0. The fourth-order valence-electron chi connectivity index (χ4n) is 0. The van der Waals surface area contributed by atoms with Gasteiger partial charge in [0.2, 0.25) is 0 Å². The molecule has 0 aromatic carbocycles. The van der Waals surface area contributed by atoms with Crippen LogP contribution in [0, 0.1) is 0 Å². The molecule has 0 saturated carbocycles. The highest BCUT2D eigenvalue weighted by Gasteiger charge is 1.81. The van der Waals surface area contributed by atoms with Crippen molar-refractivity contribution in [3.05, 3.63) is 0 Å². The van der Waals surface area contributed by atoms with Crippen LogP contribution in [0.3, 0.4) is 0 Å². The SMILES string of the molecule is CS(=O)(=O)O.F.[MgH2]. The predicted molar refractivity (Wildman–Crippen MR) is 28.5 cm³/mol. The summed E-state index contributed by atoms with van der Waals surface area (Å²) in [5, 5.41) is 0. The van der Waals surface area contributed by atoms with Gasteiger partial charge in [-0.2, -0.15) is 8.42 Å². The maximum atomic E-state index is 9.19. The van der Waals surface area contributed by atoms with Crippen LogP contribution in [0.4, 0.5) is 4.70 Å². The van der Waals surface area contributed by atoms with E-state index < -0.39 is 10.1 Å². The standard InChI is InChI=1S/CH4O3S.FH.Mg.2H/c1-5(2,3)4;;;;/h1H3,(H,2,3,4);1H;;;. The van der Waals surface area contributed by atoms with E-state index >= 15 is 0 Å². The molecule has 0 spiro atoms. The monoisotopic (exact) mass is 142 g/mol. The molecule has 7 heavy (non-hydrogen) atoms. The molecule has 6 heteroatoms. The molecule has 0 unspecified atom stereocenters. The summed E-state index contributed by atoms with van der Waals surface area (Å²) < 4.78 is 25.9. The zero-order valence-electron chi connectivity index (χ0n) is 3.08. The molecule has 0 rings (SSSR count). The predicted octanol–water partition coefficient (Wildman–Crippen LogP) is -1.26. The van der Waals surface area contributed by atoms with E-state index in [9.17, 15) is 8.42 Å². The minimum Gasteiger partial charge on any atom is -0.286 e. The Morgan fingerprint density at radius 1 is 1.43 bits per heavy atom. The summed E-state index contributed by atoms with van der Waals surface area (Å²) in [7, 11) is -3.67. The van der Waals surface area contributed by atoms with Crippen molar-refractivity contribution in [2.24, 2.45) is 0 Å². The molecular formula is CH7FMgO3S. The molecule has 0 aromatic rings. The summed E-state index contributed by atoms with van der Waals surface area (Å²) >= 11 is 0. The minimum atomic E-state index is -3.67. The molecule has 0 aliphatic carbocycles. The molecule has 0 aliphatic heterocycles. The van der Waals surface area contributed by atoms with Gasteiger partial charge in [-0.15, -0.1) is 0 Å². The van der Waals surface area contributed by atoms with Gasteiger partial charge in [-0.3, -0.25) is 9.26 Å². The Morgan fingerprint density at radius 3 is 1.43 bits per heavy atom. The van der Waals surface area contributed by atoms with Crippen molar-refractivity contribution in [2.45, 2.75) is 0 Å². The molecule has 0 fully saturated rings. The summed E-state index contributed by atoms with van der Waals surface area (Å²) in [6, 6.07) is 0. The van der Waals surface area contributed by atoms with Gasteiger partial charge in [-0.05, 0) is 0 Å². The first-order valence-electron chi connectivity index (χ1n) is 0.924. The third kappa shape index (κ3) is 381. The summed E-state index contributed by atoms with van der Waals surface area (Å²) in [5.74, 6) is 0. The summed E-state index contributed by atoms with van der Waals surface area (Å²) in [6.45, 7) is 0. The Bertz CT molecular complexity index is 98.1. The number of hydrogen-bond acceptors (Lipinski definition) is 2. The van der Waals surface area contributed by atoms with Gasteiger partial charge in [0.25, 0.3) is 10.1 Å². The average Bonchev–Trinajstić information content (AvgIpc) is 0.722. The number of halogens is 1. The first-order valence-corrected chi connectivity index (χ1v) is 2.77. The fraction of sp³-hybridized carbons (Fsp3) is 1.00. The third-order valence-corrected chi connectivity index (χ3v) is 0. The lowest BCUT2D eigenvalue weighted by molar-refractivity contribution is 0.490. The molecule has 44 valence electrons. The summed E-state index contributed by atoms with van der Waals surface area (Å²) in [6.07, 6.45) is 0.715. The molecule has 3 nitrogen and oxygen atoms in total. The Kier molecular flexibility index (Phi) is 10.6. The highest BCUT2D eigenvalue weighted by molar-refractivity contribution is 7.85. The van der Waals surface area contributed by atoms with Gasteiger partial charge >= 0.3 is 23.1 Å². The van der Waals surface area contributed by atoms with Gasteiger partial charge < -0.3 is 0 Å². The molecule has 0 aliphatic rings. The summed E-state index contributed by atoms with van der Waals surface area (Å²) in [4.78, 5) is 0. The molecule has 1 N–H and O–H groups in total. The van der Waals surface area contributed by atoms with Gasteiger partial charge in [-0.1, -0.05) is 0 Å². The molecular weight excluding hydrogens is 135 g/mol. The zero-order valence-corrected chi connectivity index (χ0v) is 3.90. The Morgan fingerprint density at radius 2 is 1.43 bits per heavy atom. The van der Waals surface area contributed by atoms with E-state index in [0.717, 1.165) is 0 Å². The van der Waals surface area contributed by atoms with Crippen LogP contribution in [0.15, 0.2) is 0 Å². The smallest absolute Gasteiger partial charge is 0.286 e. The van der Waals surface area contributed by atoms with Crippen LogP contribution in [-0.2, 0) is 10.1 Å². The van der Waals surface area contributed by atoms with Gasteiger partial charge in [0.15, 0.2) is 0 Å². The molecule has 0 heterocycles. The van der Waals surface area contributed by atoms with Crippen molar-refractivity contribution in [2.75, 3.05) is 6.26 Å². The van der Waals surface area contributed by atoms with Crippen molar-refractivity contribution >= 4 is 33.2 Å². The van der Waals surface area contributed by atoms with E-state index in [2.05, 4.69) is 0 Å². The zero-order chi connectivity index (χ0) is 4.50. The number of rotatable bonds is 0. The van der Waals surface area contributed by atoms with Crippen molar-refractivity contribution in [3.8, 4) is 0 Å². The van der Waals surface area contributed by atoms with E-state index in [1.165, 1.54) is 0 Å². The second-order valence-corrected chi connectivity index (χ2v) is 2.20. The Hall–Kier alpha value is 0.606. The van der Waals surface area contributed by atoms with Gasteiger partial charge in [0.1, 0.15) is 0 Å². The van der Waals surface area contributed by atoms with Crippen molar-refractivity contribution in [3.63, 3.8) is 0 Å². The van der Waals surface area contributed by atoms with E-state index in [0.29, 0.717) is 6.26 Å². The highest BCUT2D eigenvalue weighted by Crippen LogP contribution is 1.60. The van der Waals surface area contributed by atoms with Crippen LogP contribution in [0.1, 0.15) is 0 Å². The van der Waals surface area contributed by atoms with Crippen LogP contribution in [0.2, 0.25) is 0 Å². The topological polar surface area (TPSA) is 54.4 Å². The van der Waals surface area contributed by atoms with Crippen molar-refractivity contribution in [1.82, 2.24) is 0 Å². The van der Waals surface area contributed by atoms with E-state index in [-0.39, 0.29) is 27.8 Å². The molecule has 0 amide bonds. The lowest BCUT2D eigenvalue weighted by Gasteiger charge is -1.69. The van der Waals surface area contributed by atoms with Crippen LogP contribution in [-0.4, -0.2) is 42.3 Å². The maximum absolute atomic E-state index is 9.19. The highest BCUT2D eigenvalue weighted by atomic mass is 32.2. The van der Waals surface area contributed by atoms with Gasteiger partial charge in [0.05, 0.1) is 6.26 Å². The minimum absolute atomic E-state index is 0. The second kappa shape index (κ2) is 4.76. The van der Waals surface area contributed by atoms with E-state index in [1.807, 2.05) is 0 Å². The largest absolute Gasteiger partial charge is 0.316 e. The quantitative estimate of drug-likeness (QED) is 0.339. The molecule has 0 bridgehead atoms. The van der Waals surface area contributed by atoms with Crippen LogP contribution < -0.4 is 0 Å². The summed E-state index contributed by atoms with van der Waals surface area (Å²) in [5.41, 5.74) is 0. The first-order chi connectivity index (χ1) is 2.00. The molecule has 0 aromatic heterocycles. The molecule has 0 radical (unpaired) electrons. The maximum Gasteiger partial charge on any atom is 0.316 e. The normalized spacial score (nSPS) is 8.29. The Balaban J connectivity index is -0.0000000800. The van der Waals surface area contributed by atoms with Gasteiger partial charge in [0, 0.05) is 0 Å². The lowest BCUT2D eigenvalue weighted by Crippen LogP contribution is -1.88. The first kappa shape index (κ1) is 15.6. The van der Waals surface area contributed by atoms with Crippen LogP contribution in [0.25, 0.3) is 0 Å².